The second-order valence-electron chi connectivity index (χ2n) is 8.26. The first kappa shape index (κ1) is 27.4. The number of hydrogen-bond acceptors (Lipinski definition) is 8. The zero-order valence-electron chi connectivity index (χ0n) is 20.1. The number of tetrazole rings is 1. The number of anilines is 2. The minimum absolute atomic E-state index is 0.0592. The van der Waals surface area contributed by atoms with E-state index in [1.165, 1.54) is 48.8 Å². The van der Waals surface area contributed by atoms with Gasteiger partial charge in [-0.05, 0) is 70.9 Å². The number of carboxylic acids is 1. The van der Waals surface area contributed by atoms with Gasteiger partial charge < -0.3 is 15.7 Å². The molecule has 4 aromatic rings. The molecule has 0 saturated heterocycles. The maximum absolute atomic E-state index is 13.1. The molecule has 4 rings (SSSR count). The third-order valence-electron chi connectivity index (χ3n) is 5.50. The summed E-state index contributed by atoms with van der Waals surface area (Å²) in [5.41, 5.74) is 1.67. The van der Waals surface area contributed by atoms with Gasteiger partial charge in [-0.25, -0.2) is 13.2 Å². The molecule has 1 heterocycles. The van der Waals surface area contributed by atoms with E-state index in [0.717, 1.165) is 4.68 Å². The van der Waals surface area contributed by atoms with Gasteiger partial charge in [0.2, 0.25) is 11.8 Å². The maximum Gasteiger partial charge on any atom is 0.335 e. The second kappa shape index (κ2) is 11.8. The van der Waals surface area contributed by atoms with Gasteiger partial charge in [0, 0.05) is 22.8 Å². The van der Waals surface area contributed by atoms with Crippen molar-refractivity contribution in [3.05, 3.63) is 89.2 Å². The fraction of sp³-hybridized carbons (Fsp3) is 0.120. The zero-order chi connectivity index (χ0) is 28.0. The molecule has 200 valence electrons. The van der Waals surface area contributed by atoms with Crippen LogP contribution < -0.4 is 10.6 Å². The van der Waals surface area contributed by atoms with Gasteiger partial charge in [-0.15, -0.1) is 5.10 Å². The van der Waals surface area contributed by atoms with Crippen LogP contribution >= 0.6 is 11.6 Å². The highest BCUT2D eigenvalue weighted by Crippen LogP contribution is 2.25. The van der Waals surface area contributed by atoms with Crippen LogP contribution in [-0.4, -0.2) is 57.3 Å². The van der Waals surface area contributed by atoms with Gasteiger partial charge in [-0.1, -0.05) is 29.8 Å². The van der Waals surface area contributed by atoms with Crippen LogP contribution in [0.15, 0.2) is 78.0 Å². The number of para-hydroxylation sites is 1. The number of nitrogens with zero attached hydrogens (tertiary/aromatic N) is 4. The number of carbonyl (C=O) groups excluding carboxylic acids is 2. The molecule has 0 fully saturated rings. The monoisotopic (exact) mass is 568 g/mol. The van der Waals surface area contributed by atoms with E-state index in [-0.39, 0.29) is 39.9 Å². The summed E-state index contributed by atoms with van der Waals surface area (Å²) in [5, 5.41) is 25.2. The van der Waals surface area contributed by atoms with Gasteiger partial charge in [-0.2, -0.15) is 4.68 Å². The molecule has 12 nitrogen and oxygen atoms in total. The predicted molar refractivity (Wildman–Crippen MR) is 142 cm³/mol. The number of carboxylic acid groups (broad SMARTS) is 1. The number of carbonyl (C=O) groups is 3. The molecule has 3 aromatic carbocycles. The van der Waals surface area contributed by atoms with E-state index in [1.54, 1.807) is 24.3 Å². The number of benzene rings is 3. The molecule has 0 atom stereocenters. The van der Waals surface area contributed by atoms with E-state index < -0.39 is 27.5 Å². The number of aromatic nitrogens is 4. The van der Waals surface area contributed by atoms with Crippen molar-refractivity contribution in [3.8, 4) is 5.69 Å². The molecule has 0 aliphatic carbocycles. The number of halogens is 1. The average Bonchev–Trinajstić information content (AvgIpc) is 3.43. The number of amides is 2. The molecule has 0 aliphatic heterocycles. The predicted octanol–water partition coefficient (Wildman–Crippen LogP) is 3.00. The molecule has 0 spiro atoms. The molecular formula is C25H21ClN6O6S. The average molecular weight is 569 g/mol. The van der Waals surface area contributed by atoms with Gasteiger partial charge in [-0.3, -0.25) is 9.59 Å². The van der Waals surface area contributed by atoms with E-state index in [1.807, 2.05) is 0 Å². The summed E-state index contributed by atoms with van der Waals surface area (Å²) in [6, 6.07) is 16.6. The highest BCUT2D eigenvalue weighted by molar-refractivity contribution is 7.92. The van der Waals surface area contributed by atoms with Crippen molar-refractivity contribution in [2.24, 2.45) is 0 Å². The van der Waals surface area contributed by atoms with Crippen LogP contribution in [0, 0.1) is 0 Å². The Morgan fingerprint density at radius 2 is 1.69 bits per heavy atom. The highest BCUT2D eigenvalue weighted by Gasteiger charge is 2.25. The fourth-order valence-electron chi connectivity index (χ4n) is 3.66. The Balaban J connectivity index is 1.41. The molecule has 0 radical (unpaired) electrons. The summed E-state index contributed by atoms with van der Waals surface area (Å²) in [6.07, 6.45) is 1.53. The van der Waals surface area contributed by atoms with Crippen molar-refractivity contribution in [2.45, 2.75) is 17.7 Å². The SMILES string of the molecule is O=C(CCc1ccccc1NC(=O)CS(=O)(=O)c1cc(Cl)ccc1-n1cnnn1)Nc1ccc(C(=O)O)cc1. The molecule has 2 amide bonds. The molecule has 39 heavy (non-hydrogen) atoms. The van der Waals surface area contributed by atoms with Crippen LogP contribution in [0.4, 0.5) is 11.4 Å². The third-order valence-corrected chi connectivity index (χ3v) is 7.38. The summed E-state index contributed by atoms with van der Waals surface area (Å²) in [5.74, 6) is -3.05. The molecule has 0 saturated carbocycles. The topological polar surface area (TPSA) is 173 Å². The number of sulfone groups is 1. The van der Waals surface area contributed by atoms with E-state index in [0.29, 0.717) is 16.9 Å². The van der Waals surface area contributed by atoms with Crippen LogP contribution in [0.5, 0.6) is 0 Å². The molecule has 3 N–H and O–H groups in total. The minimum Gasteiger partial charge on any atom is -0.478 e. The van der Waals surface area contributed by atoms with Gasteiger partial charge in [0.05, 0.1) is 16.1 Å². The Morgan fingerprint density at radius 1 is 0.949 bits per heavy atom. The summed E-state index contributed by atoms with van der Waals surface area (Å²) < 4.78 is 27.4. The quantitative estimate of drug-likeness (QED) is 0.260. The van der Waals surface area contributed by atoms with Crippen molar-refractivity contribution in [1.29, 1.82) is 0 Å². The summed E-state index contributed by atoms with van der Waals surface area (Å²) in [7, 11) is -4.15. The lowest BCUT2D eigenvalue weighted by Gasteiger charge is -2.13. The molecule has 0 unspecified atom stereocenters. The first-order valence-corrected chi connectivity index (χ1v) is 13.4. The molecule has 14 heteroatoms. The Kier molecular flexibility index (Phi) is 8.32. The van der Waals surface area contributed by atoms with Crippen molar-refractivity contribution in [3.63, 3.8) is 0 Å². The number of hydrogen-bond donors (Lipinski definition) is 3. The van der Waals surface area contributed by atoms with E-state index in [9.17, 15) is 22.8 Å². The molecule has 0 bridgehead atoms. The van der Waals surface area contributed by atoms with Gasteiger partial charge in [0.1, 0.15) is 12.1 Å². The second-order valence-corrected chi connectivity index (χ2v) is 10.7. The Hall–Kier alpha value is -4.62. The zero-order valence-corrected chi connectivity index (χ0v) is 21.7. The van der Waals surface area contributed by atoms with Crippen molar-refractivity contribution < 1.29 is 27.9 Å². The van der Waals surface area contributed by atoms with Crippen molar-refractivity contribution in [2.75, 3.05) is 16.4 Å². The van der Waals surface area contributed by atoms with Gasteiger partial charge >= 0.3 is 5.97 Å². The number of aryl methyl sites for hydroxylation is 1. The van der Waals surface area contributed by atoms with Gasteiger partial charge in [0.15, 0.2) is 9.84 Å². The van der Waals surface area contributed by atoms with Crippen LogP contribution in [0.25, 0.3) is 5.69 Å². The molecular weight excluding hydrogens is 548 g/mol. The Labute approximate surface area is 227 Å². The number of aromatic carboxylic acids is 1. The van der Waals surface area contributed by atoms with Crippen LogP contribution in [0.2, 0.25) is 5.02 Å². The number of rotatable bonds is 10. The number of nitrogens with one attached hydrogen (secondary N) is 2. The standard InChI is InChI=1S/C25H21ClN6O6S/c26-18-8-11-21(32-15-27-30-31-32)22(13-18)39(37,38)14-24(34)29-20-4-2-1-3-16(20)7-12-23(33)28-19-9-5-17(6-10-19)25(35)36/h1-6,8-11,13,15H,7,12,14H2,(H,28,33)(H,29,34)(H,35,36). The summed E-state index contributed by atoms with van der Waals surface area (Å²) in [6.45, 7) is 0. The Morgan fingerprint density at radius 3 is 2.38 bits per heavy atom. The first-order valence-electron chi connectivity index (χ1n) is 11.4. The molecule has 1 aromatic heterocycles. The summed E-state index contributed by atoms with van der Waals surface area (Å²) >= 11 is 6.02. The van der Waals surface area contributed by atoms with E-state index >= 15 is 0 Å². The third kappa shape index (κ3) is 7.03. The van der Waals surface area contributed by atoms with Crippen molar-refractivity contribution in [1.82, 2.24) is 20.2 Å². The minimum atomic E-state index is -4.15. The highest BCUT2D eigenvalue weighted by atomic mass is 35.5. The first-order chi connectivity index (χ1) is 18.6. The normalized spacial score (nSPS) is 11.1. The fourth-order valence-corrected chi connectivity index (χ4v) is 5.26. The van der Waals surface area contributed by atoms with E-state index in [4.69, 9.17) is 16.7 Å². The van der Waals surface area contributed by atoms with Crippen molar-refractivity contribution >= 4 is 50.6 Å². The molecule has 0 aliphatic rings. The van der Waals surface area contributed by atoms with Gasteiger partial charge in [0.25, 0.3) is 0 Å². The van der Waals surface area contributed by atoms with Crippen LogP contribution in [0.3, 0.4) is 0 Å². The lowest BCUT2D eigenvalue weighted by Crippen LogP contribution is -2.24. The summed E-state index contributed by atoms with van der Waals surface area (Å²) in [4.78, 5) is 36.0. The largest absolute Gasteiger partial charge is 0.478 e. The lowest BCUT2D eigenvalue weighted by molar-refractivity contribution is -0.116. The smallest absolute Gasteiger partial charge is 0.335 e. The van der Waals surface area contributed by atoms with E-state index in [2.05, 4.69) is 26.2 Å². The lowest BCUT2D eigenvalue weighted by atomic mass is 10.1. The van der Waals surface area contributed by atoms with Crippen LogP contribution in [-0.2, 0) is 25.8 Å². The van der Waals surface area contributed by atoms with Crippen LogP contribution in [0.1, 0.15) is 22.3 Å². The Bertz CT molecular complexity index is 1630. The maximum atomic E-state index is 13.1.